The van der Waals surface area contributed by atoms with Gasteiger partial charge in [0, 0.05) is 35.2 Å². The fourth-order valence-electron chi connectivity index (χ4n) is 5.77. The largest absolute Gasteiger partial charge is 0.444 e. The first kappa shape index (κ1) is 27.0. The Kier molecular flexibility index (Phi) is 6.35. The SMILES string of the molecule is C=C1C2CC2N(C(=O)OC(C)(C)C)C1c1ncc(-c2ccc(C#Cc3ccc4nc(CN=C5CC5=CC)[nH]c4c3)cc2)[nH]1. The lowest BCUT2D eigenvalue weighted by molar-refractivity contribution is 0.0194. The highest BCUT2D eigenvalue weighted by Gasteiger charge is 2.58. The van der Waals surface area contributed by atoms with Gasteiger partial charge < -0.3 is 14.7 Å². The van der Waals surface area contributed by atoms with Crippen molar-refractivity contribution in [3.63, 3.8) is 0 Å². The van der Waals surface area contributed by atoms with Gasteiger partial charge in [-0.3, -0.25) is 9.89 Å². The smallest absolute Gasteiger partial charge is 0.411 e. The normalized spacial score (nSPS) is 22.6. The number of rotatable bonds is 4. The molecular formula is C35H34N6O2. The number of aliphatic imine (C=N–C) groups is 1. The van der Waals surface area contributed by atoms with Gasteiger partial charge in [-0.05, 0) is 81.2 Å². The summed E-state index contributed by atoms with van der Waals surface area (Å²) < 4.78 is 5.71. The summed E-state index contributed by atoms with van der Waals surface area (Å²) in [6.07, 6.45) is 5.54. The van der Waals surface area contributed by atoms with Crippen molar-refractivity contribution in [2.45, 2.75) is 64.8 Å². The van der Waals surface area contributed by atoms with Crippen LogP contribution in [0.1, 0.15) is 69.4 Å². The third-order valence-electron chi connectivity index (χ3n) is 8.13. The van der Waals surface area contributed by atoms with Crippen molar-refractivity contribution in [2.75, 3.05) is 0 Å². The first-order valence-electron chi connectivity index (χ1n) is 14.7. The molecule has 3 fully saturated rings. The highest BCUT2D eigenvalue weighted by Crippen LogP contribution is 2.56. The molecule has 7 rings (SSSR count). The standard InChI is InChI=1S/C35H34N6O2/c1-6-23-16-27(23)36-19-31-38-26-14-11-22(15-28(26)39-31)8-7-21-9-12-24(13-10-21)29-18-37-33(40-29)32-20(2)25-17-30(25)41(32)34(42)43-35(3,4)5/h6,9-15,18,25,30,32H,2,16-17,19H2,1,3-5H3,(H,37,40)(H,38,39). The molecule has 0 bridgehead atoms. The van der Waals surface area contributed by atoms with Crippen LogP contribution in [0.4, 0.5) is 4.79 Å². The second-order valence-corrected chi connectivity index (χ2v) is 12.5. The van der Waals surface area contributed by atoms with Gasteiger partial charge in [-0.1, -0.05) is 36.6 Å². The highest BCUT2D eigenvalue weighted by molar-refractivity contribution is 6.17. The van der Waals surface area contributed by atoms with Crippen LogP contribution < -0.4 is 0 Å². The predicted octanol–water partition coefficient (Wildman–Crippen LogP) is 6.88. The molecule has 1 amide bonds. The van der Waals surface area contributed by atoms with Crippen LogP contribution >= 0.6 is 0 Å². The number of aromatic amines is 2. The zero-order chi connectivity index (χ0) is 29.9. The van der Waals surface area contributed by atoms with Gasteiger partial charge in [-0.2, -0.15) is 0 Å². The van der Waals surface area contributed by atoms with Crippen molar-refractivity contribution in [3.8, 4) is 23.1 Å². The van der Waals surface area contributed by atoms with Crippen LogP contribution in [0.3, 0.4) is 0 Å². The third kappa shape index (κ3) is 5.39. The second kappa shape index (κ2) is 10.1. The minimum Gasteiger partial charge on any atom is -0.444 e. The summed E-state index contributed by atoms with van der Waals surface area (Å²) >= 11 is 0. The summed E-state index contributed by atoms with van der Waals surface area (Å²) in [5.41, 5.74) is 8.53. The molecule has 8 heteroatoms. The van der Waals surface area contributed by atoms with E-state index in [1.807, 2.05) is 81.3 Å². The van der Waals surface area contributed by atoms with E-state index in [1.54, 1.807) is 0 Å². The quantitative estimate of drug-likeness (QED) is 0.206. The molecule has 2 N–H and O–H groups in total. The number of fused-ring (bicyclic) bond motifs is 2. The van der Waals surface area contributed by atoms with E-state index in [4.69, 9.17) is 4.74 Å². The Morgan fingerprint density at radius 3 is 2.67 bits per heavy atom. The third-order valence-corrected chi connectivity index (χ3v) is 8.13. The van der Waals surface area contributed by atoms with Crippen LogP contribution in [0.15, 0.2) is 77.5 Å². The molecule has 2 aromatic carbocycles. The summed E-state index contributed by atoms with van der Waals surface area (Å²) in [6, 6.07) is 13.9. The van der Waals surface area contributed by atoms with Crippen molar-refractivity contribution in [1.82, 2.24) is 24.8 Å². The van der Waals surface area contributed by atoms with Crippen LogP contribution in [0.2, 0.25) is 0 Å². The molecule has 0 spiro atoms. The van der Waals surface area contributed by atoms with Gasteiger partial charge in [0.2, 0.25) is 0 Å². The number of piperidine rings is 1. The average molecular weight is 571 g/mol. The van der Waals surface area contributed by atoms with Gasteiger partial charge >= 0.3 is 6.09 Å². The van der Waals surface area contributed by atoms with Crippen LogP contribution in [0, 0.1) is 17.8 Å². The average Bonchev–Trinajstić information content (AvgIpc) is 3.79. The van der Waals surface area contributed by atoms with Crippen molar-refractivity contribution in [3.05, 3.63) is 95.2 Å². The number of benzene rings is 2. The topological polar surface area (TPSA) is 99.3 Å². The first-order chi connectivity index (χ1) is 20.7. The van der Waals surface area contributed by atoms with Gasteiger partial charge in [0.1, 0.15) is 23.3 Å². The fraction of sp³-hybridized carbons (Fsp3) is 0.314. The van der Waals surface area contributed by atoms with E-state index >= 15 is 0 Å². The summed E-state index contributed by atoms with van der Waals surface area (Å²) in [4.78, 5) is 35.6. The number of hydrogen-bond donors (Lipinski definition) is 2. The van der Waals surface area contributed by atoms with Gasteiger partial charge in [0.15, 0.2) is 0 Å². The Labute approximate surface area is 251 Å². The summed E-state index contributed by atoms with van der Waals surface area (Å²) in [5.74, 6) is 8.42. The number of carbonyl (C=O) groups is 1. The monoisotopic (exact) mass is 570 g/mol. The van der Waals surface area contributed by atoms with Gasteiger partial charge in [-0.25, -0.2) is 14.8 Å². The molecule has 4 aromatic rings. The minimum absolute atomic E-state index is 0.142. The number of H-pyrrole nitrogens is 2. The summed E-state index contributed by atoms with van der Waals surface area (Å²) in [7, 11) is 0. The molecule has 3 unspecified atom stereocenters. The van der Waals surface area contributed by atoms with Crippen LogP contribution in [0.5, 0.6) is 0 Å². The minimum atomic E-state index is -0.563. The molecule has 3 aliphatic rings. The predicted molar refractivity (Wildman–Crippen MR) is 167 cm³/mol. The zero-order valence-corrected chi connectivity index (χ0v) is 24.9. The molecule has 43 heavy (non-hydrogen) atoms. The zero-order valence-electron chi connectivity index (χ0n) is 24.9. The molecule has 1 aliphatic heterocycles. The second-order valence-electron chi connectivity index (χ2n) is 12.5. The lowest BCUT2D eigenvalue weighted by atomic mass is 10.1. The van der Waals surface area contributed by atoms with Gasteiger partial charge in [-0.15, -0.1) is 0 Å². The molecule has 3 heterocycles. The molecule has 2 aliphatic carbocycles. The Bertz CT molecular complexity index is 1890. The van der Waals surface area contributed by atoms with E-state index < -0.39 is 5.60 Å². The maximum atomic E-state index is 13.0. The van der Waals surface area contributed by atoms with E-state index in [2.05, 4.69) is 49.4 Å². The Morgan fingerprint density at radius 2 is 1.93 bits per heavy atom. The number of carbonyl (C=O) groups excluding carboxylic acids is 1. The van der Waals surface area contributed by atoms with Crippen LogP contribution in [-0.4, -0.2) is 48.3 Å². The highest BCUT2D eigenvalue weighted by atomic mass is 16.6. The number of aromatic nitrogens is 4. The number of nitrogens with one attached hydrogen (secondary N) is 2. The van der Waals surface area contributed by atoms with Crippen molar-refractivity contribution >= 4 is 22.8 Å². The Morgan fingerprint density at radius 1 is 1.16 bits per heavy atom. The van der Waals surface area contributed by atoms with Crippen molar-refractivity contribution in [2.24, 2.45) is 10.9 Å². The fourth-order valence-corrected chi connectivity index (χ4v) is 5.77. The molecule has 3 atom stereocenters. The van der Waals surface area contributed by atoms with E-state index in [-0.39, 0.29) is 18.2 Å². The molecule has 0 radical (unpaired) electrons. The lowest BCUT2D eigenvalue weighted by Crippen LogP contribution is -2.39. The number of imidazole rings is 2. The number of hydrogen-bond acceptors (Lipinski definition) is 5. The molecule has 1 saturated heterocycles. The van der Waals surface area contributed by atoms with E-state index in [0.717, 1.165) is 57.7 Å². The Hall–Kier alpha value is -4.90. The first-order valence-corrected chi connectivity index (χ1v) is 14.7. The molecule has 216 valence electrons. The summed E-state index contributed by atoms with van der Waals surface area (Å²) in [6.45, 7) is 12.6. The van der Waals surface area contributed by atoms with Crippen LogP contribution in [0.25, 0.3) is 22.3 Å². The maximum Gasteiger partial charge on any atom is 0.411 e. The maximum absolute atomic E-state index is 13.0. The molecule has 2 saturated carbocycles. The molecule has 2 aromatic heterocycles. The molecular weight excluding hydrogens is 536 g/mol. The van der Waals surface area contributed by atoms with E-state index in [1.165, 1.54) is 11.3 Å². The number of ether oxygens (including phenoxy) is 1. The summed E-state index contributed by atoms with van der Waals surface area (Å²) in [5, 5.41) is 0. The molecule has 8 nitrogen and oxygen atoms in total. The number of amides is 1. The lowest BCUT2D eigenvalue weighted by Gasteiger charge is -2.30. The Balaban J connectivity index is 1.04. The van der Waals surface area contributed by atoms with Gasteiger partial charge in [0.25, 0.3) is 0 Å². The van der Waals surface area contributed by atoms with Crippen molar-refractivity contribution < 1.29 is 9.53 Å². The number of allylic oxidation sites excluding steroid dienone is 2. The number of likely N-dealkylation sites (tertiary alicyclic amines) is 1. The number of nitrogens with zero attached hydrogens (tertiary/aromatic N) is 4. The van der Waals surface area contributed by atoms with Crippen molar-refractivity contribution in [1.29, 1.82) is 0 Å². The van der Waals surface area contributed by atoms with E-state index in [0.29, 0.717) is 18.3 Å². The van der Waals surface area contributed by atoms with Crippen LogP contribution in [-0.2, 0) is 11.3 Å². The van der Waals surface area contributed by atoms with Gasteiger partial charge in [0.05, 0.1) is 29.5 Å². The van der Waals surface area contributed by atoms with E-state index in [9.17, 15) is 4.79 Å².